The summed E-state index contributed by atoms with van der Waals surface area (Å²) in [6.07, 6.45) is 1.24. The summed E-state index contributed by atoms with van der Waals surface area (Å²) in [5, 5.41) is 13.3. The molecular weight excluding hydrogens is 308 g/mol. The first kappa shape index (κ1) is 16.2. The van der Waals surface area contributed by atoms with E-state index in [4.69, 9.17) is 4.52 Å². The van der Waals surface area contributed by atoms with Gasteiger partial charge in [0.15, 0.2) is 0 Å². The number of carbonyl (C=O) groups is 2. The molecule has 2 atom stereocenters. The minimum atomic E-state index is -0.979. The molecule has 6 heteroatoms. The number of aromatic nitrogens is 1. The summed E-state index contributed by atoms with van der Waals surface area (Å²) in [7, 11) is 0. The Kier molecular flexibility index (Phi) is 4.38. The van der Waals surface area contributed by atoms with E-state index in [0.717, 1.165) is 17.5 Å². The van der Waals surface area contributed by atoms with Gasteiger partial charge in [-0.2, -0.15) is 0 Å². The molecule has 1 aromatic carbocycles. The van der Waals surface area contributed by atoms with Crippen molar-refractivity contribution in [1.29, 1.82) is 0 Å². The molecule has 0 aliphatic carbocycles. The largest absolute Gasteiger partial charge is 0.480 e. The van der Waals surface area contributed by atoms with E-state index >= 15 is 0 Å². The molecule has 1 amide bonds. The molecule has 1 N–H and O–H groups in total. The predicted octanol–water partition coefficient (Wildman–Crippen LogP) is 2.98. The van der Waals surface area contributed by atoms with Gasteiger partial charge in [0.05, 0.1) is 0 Å². The number of rotatable bonds is 3. The maximum atomic E-state index is 12.6. The first-order valence-corrected chi connectivity index (χ1v) is 8.03. The summed E-state index contributed by atoms with van der Waals surface area (Å²) in [5.74, 6) is -1.03. The molecule has 6 nitrogen and oxygen atoms in total. The highest BCUT2D eigenvalue weighted by Gasteiger charge is 2.36. The fourth-order valence-electron chi connectivity index (χ4n) is 3.00. The van der Waals surface area contributed by atoms with E-state index in [9.17, 15) is 14.7 Å². The number of nitrogens with zero attached hydrogens (tertiary/aromatic N) is 2. The number of hydrogen-bond donors (Lipinski definition) is 1. The monoisotopic (exact) mass is 328 g/mol. The van der Waals surface area contributed by atoms with Crippen LogP contribution in [0.3, 0.4) is 0 Å². The number of piperidine rings is 1. The van der Waals surface area contributed by atoms with Crippen LogP contribution in [0.1, 0.15) is 35.9 Å². The molecular formula is C18H20N2O4. The third kappa shape index (κ3) is 3.18. The number of amides is 1. The van der Waals surface area contributed by atoms with Gasteiger partial charge in [-0.3, -0.25) is 4.79 Å². The Morgan fingerprint density at radius 3 is 2.67 bits per heavy atom. The molecule has 126 valence electrons. The van der Waals surface area contributed by atoms with Gasteiger partial charge >= 0.3 is 5.97 Å². The van der Waals surface area contributed by atoms with Gasteiger partial charge in [-0.15, -0.1) is 0 Å². The lowest BCUT2D eigenvalue weighted by Gasteiger charge is -2.35. The van der Waals surface area contributed by atoms with Crippen LogP contribution in [0.15, 0.2) is 34.9 Å². The molecule has 1 fully saturated rings. The van der Waals surface area contributed by atoms with Gasteiger partial charge in [0.1, 0.15) is 11.7 Å². The van der Waals surface area contributed by atoms with Gasteiger partial charge in [-0.1, -0.05) is 41.9 Å². The van der Waals surface area contributed by atoms with Crippen molar-refractivity contribution in [2.45, 2.75) is 32.7 Å². The summed E-state index contributed by atoms with van der Waals surface area (Å²) >= 11 is 0. The number of carboxylic acids is 1. The van der Waals surface area contributed by atoms with Gasteiger partial charge in [0.2, 0.25) is 5.76 Å². The van der Waals surface area contributed by atoms with Crippen LogP contribution in [0.4, 0.5) is 0 Å². The molecule has 24 heavy (non-hydrogen) atoms. The zero-order valence-corrected chi connectivity index (χ0v) is 13.7. The second-order valence-corrected chi connectivity index (χ2v) is 6.42. The molecule has 0 spiro atoms. The Morgan fingerprint density at radius 2 is 2.00 bits per heavy atom. The van der Waals surface area contributed by atoms with Crippen LogP contribution >= 0.6 is 0 Å². The lowest BCUT2D eigenvalue weighted by atomic mass is 9.92. The summed E-state index contributed by atoms with van der Waals surface area (Å²) in [5.41, 5.74) is 2.55. The van der Waals surface area contributed by atoms with Gasteiger partial charge in [-0.25, -0.2) is 4.79 Å². The second kappa shape index (κ2) is 6.47. The van der Waals surface area contributed by atoms with Crippen molar-refractivity contribution in [2.75, 3.05) is 6.54 Å². The molecule has 2 aromatic rings. The van der Waals surface area contributed by atoms with Crippen molar-refractivity contribution in [1.82, 2.24) is 10.1 Å². The maximum Gasteiger partial charge on any atom is 0.326 e. The van der Waals surface area contributed by atoms with Crippen molar-refractivity contribution < 1.29 is 19.2 Å². The highest BCUT2D eigenvalue weighted by molar-refractivity contribution is 5.95. The average Bonchev–Trinajstić information content (AvgIpc) is 3.04. The topological polar surface area (TPSA) is 83.6 Å². The van der Waals surface area contributed by atoms with E-state index < -0.39 is 17.9 Å². The van der Waals surface area contributed by atoms with E-state index in [-0.39, 0.29) is 11.7 Å². The van der Waals surface area contributed by atoms with E-state index in [1.807, 2.05) is 38.1 Å². The van der Waals surface area contributed by atoms with E-state index in [1.54, 1.807) is 6.07 Å². The Hall–Kier alpha value is -2.63. The van der Waals surface area contributed by atoms with Crippen molar-refractivity contribution in [2.24, 2.45) is 5.92 Å². The molecule has 1 saturated heterocycles. The quantitative estimate of drug-likeness (QED) is 0.936. The summed E-state index contributed by atoms with van der Waals surface area (Å²) in [4.78, 5) is 25.5. The van der Waals surface area contributed by atoms with Crippen molar-refractivity contribution in [3.8, 4) is 11.3 Å². The zero-order chi connectivity index (χ0) is 17.3. The number of hydrogen-bond acceptors (Lipinski definition) is 4. The van der Waals surface area contributed by atoms with E-state index in [1.165, 1.54) is 4.90 Å². The zero-order valence-electron chi connectivity index (χ0n) is 13.7. The van der Waals surface area contributed by atoms with Crippen LogP contribution in [0.2, 0.25) is 0 Å². The molecule has 2 heterocycles. The first-order valence-electron chi connectivity index (χ1n) is 8.03. The molecule has 0 bridgehead atoms. The lowest BCUT2D eigenvalue weighted by Crippen LogP contribution is -2.49. The lowest BCUT2D eigenvalue weighted by molar-refractivity contribution is -0.144. The average molecular weight is 328 g/mol. The molecule has 3 rings (SSSR count). The Bertz CT molecular complexity index is 751. The maximum absolute atomic E-state index is 12.6. The number of benzene rings is 1. The Morgan fingerprint density at radius 1 is 1.29 bits per heavy atom. The summed E-state index contributed by atoms with van der Waals surface area (Å²) in [6, 6.07) is 8.49. The molecule has 1 aliphatic heterocycles. The molecule has 0 radical (unpaired) electrons. The van der Waals surface area contributed by atoms with Crippen LogP contribution in [-0.4, -0.2) is 39.6 Å². The van der Waals surface area contributed by atoms with Gasteiger partial charge in [-0.05, 0) is 25.7 Å². The van der Waals surface area contributed by atoms with E-state index in [0.29, 0.717) is 18.7 Å². The number of aliphatic carboxylic acids is 1. The first-order chi connectivity index (χ1) is 11.5. The minimum absolute atomic E-state index is 0.0754. The fourth-order valence-corrected chi connectivity index (χ4v) is 3.00. The number of carbonyl (C=O) groups excluding carboxylic acids is 1. The Labute approximate surface area is 140 Å². The highest BCUT2D eigenvalue weighted by atomic mass is 16.5. The van der Waals surface area contributed by atoms with Crippen molar-refractivity contribution in [3.05, 3.63) is 41.7 Å². The van der Waals surface area contributed by atoms with Crippen molar-refractivity contribution in [3.63, 3.8) is 0 Å². The normalized spacial score (nSPS) is 20.8. The van der Waals surface area contributed by atoms with Crippen molar-refractivity contribution >= 4 is 11.9 Å². The number of aryl methyl sites for hydroxylation is 1. The summed E-state index contributed by atoms with van der Waals surface area (Å²) < 4.78 is 5.19. The Balaban J connectivity index is 1.82. The van der Waals surface area contributed by atoms with Crippen LogP contribution in [0.5, 0.6) is 0 Å². The van der Waals surface area contributed by atoms with Gasteiger partial charge in [0.25, 0.3) is 5.91 Å². The number of carboxylic acid groups (broad SMARTS) is 1. The third-order valence-electron chi connectivity index (χ3n) is 4.48. The van der Waals surface area contributed by atoms with Gasteiger partial charge in [0, 0.05) is 18.2 Å². The van der Waals surface area contributed by atoms with E-state index in [2.05, 4.69) is 5.16 Å². The molecule has 0 saturated carbocycles. The highest BCUT2D eigenvalue weighted by Crippen LogP contribution is 2.26. The van der Waals surface area contributed by atoms with Crippen LogP contribution in [0.25, 0.3) is 11.3 Å². The number of likely N-dealkylation sites (tertiary alicyclic amines) is 1. The van der Waals surface area contributed by atoms with Crippen LogP contribution in [0, 0.1) is 12.8 Å². The predicted molar refractivity (Wildman–Crippen MR) is 87.5 cm³/mol. The van der Waals surface area contributed by atoms with Gasteiger partial charge < -0.3 is 14.5 Å². The van der Waals surface area contributed by atoms with Crippen LogP contribution < -0.4 is 0 Å². The molecule has 2 unspecified atom stereocenters. The molecule has 1 aliphatic rings. The fraction of sp³-hybridized carbons (Fsp3) is 0.389. The third-order valence-corrected chi connectivity index (χ3v) is 4.48. The molecule has 1 aromatic heterocycles. The second-order valence-electron chi connectivity index (χ2n) is 6.42. The summed E-state index contributed by atoms with van der Waals surface area (Å²) in [6.45, 7) is 4.41. The standard InChI is InChI=1S/C18H20N2O4/c1-11-3-5-13(6-4-11)14-10-16(24-19-14)17(21)20-8-7-12(2)9-15(20)18(22)23/h3-6,10,12,15H,7-9H2,1-2H3,(H,22,23). The smallest absolute Gasteiger partial charge is 0.326 e. The minimum Gasteiger partial charge on any atom is -0.480 e. The SMILES string of the molecule is Cc1ccc(-c2cc(C(=O)N3CCC(C)CC3C(=O)O)on2)cc1. The van der Waals surface area contributed by atoms with Crippen LogP contribution in [-0.2, 0) is 4.79 Å².